The molecule has 25 heavy (non-hydrogen) atoms. The maximum Gasteiger partial charge on any atom is 0.310 e. The Morgan fingerprint density at radius 2 is 1.72 bits per heavy atom. The summed E-state index contributed by atoms with van der Waals surface area (Å²) in [5.74, 6) is -1.00. The van der Waals surface area contributed by atoms with Crippen LogP contribution in [0.15, 0.2) is 30.3 Å². The Labute approximate surface area is 161 Å². The Morgan fingerprint density at radius 3 is 2.36 bits per heavy atom. The van der Waals surface area contributed by atoms with Gasteiger partial charge >= 0.3 is 5.97 Å². The fourth-order valence-electron chi connectivity index (χ4n) is 2.26. The zero-order chi connectivity index (χ0) is 18.6. The van der Waals surface area contributed by atoms with Crippen LogP contribution >= 0.6 is 34.8 Å². The minimum atomic E-state index is -0.541. The fourth-order valence-corrected chi connectivity index (χ4v) is 2.95. The van der Waals surface area contributed by atoms with Gasteiger partial charge in [-0.2, -0.15) is 0 Å². The molecule has 4 nitrogen and oxygen atoms in total. The van der Waals surface area contributed by atoms with Gasteiger partial charge in [-0.15, -0.1) is 0 Å². The molecule has 0 aliphatic rings. The second-order valence-corrected chi connectivity index (χ2v) is 6.79. The number of anilines is 1. The smallest absolute Gasteiger partial charge is 0.310 e. The molecular weight excluding hydrogens is 385 g/mol. The van der Waals surface area contributed by atoms with E-state index in [4.69, 9.17) is 39.5 Å². The van der Waals surface area contributed by atoms with Gasteiger partial charge in [0, 0.05) is 0 Å². The second-order valence-electron chi connectivity index (χ2n) is 5.57. The number of aryl methyl sites for hydroxylation is 2. The quantitative estimate of drug-likeness (QED) is 0.720. The first kappa shape index (κ1) is 19.6. The van der Waals surface area contributed by atoms with E-state index < -0.39 is 18.5 Å². The summed E-state index contributed by atoms with van der Waals surface area (Å²) < 4.78 is 4.98. The Bertz CT molecular complexity index is 798. The van der Waals surface area contributed by atoms with Gasteiger partial charge in [0.15, 0.2) is 6.61 Å². The SMILES string of the molecule is Cc1cc(C)c(NC(=O)COC(=O)Cc2ccc(Cl)c(Cl)c2)c(Cl)c1. The first-order chi connectivity index (χ1) is 11.8. The lowest BCUT2D eigenvalue weighted by Gasteiger charge is -2.12. The number of rotatable bonds is 5. The number of ether oxygens (including phenoxy) is 1. The first-order valence-corrected chi connectivity index (χ1v) is 8.56. The third-order valence-electron chi connectivity index (χ3n) is 3.39. The van der Waals surface area contributed by atoms with Crippen molar-refractivity contribution in [3.63, 3.8) is 0 Å². The minimum absolute atomic E-state index is 0.00547. The van der Waals surface area contributed by atoms with E-state index in [-0.39, 0.29) is 6.42 Å². The molecule has 132 valence electrons. The third-order valence-corrected chi connectivity index (χ3v) is 4.43. The number of hydrogen-bond donors (Lipinski definition) is 1. The summed E-state index contributed by atoms with van der Waals surface area (Å²) >= 11 is 17.8. The van der Waals surface area contributed by atoms with E-state index >= 15 is 0 Å². The highest BCUT2D eigenvalue weighted by Gasteiger charge is 2.13. The molecule has 1 amide bonds. The molecule has 1 N–H and O–H groups in total. The lowest BCUT2D eigenvalue weighted by atomic mass is 10.1. The first-order valence-electron chi connectivity index (χ1n) is 7.42. The van der Waals surface area contributed by atoms with Crippen molar-refractivity contribution in [2.24, 2.45) is 0 Å². The summed E-state index contributed by atoms with van der Waals surface area (Å²) in [5.41, 5.74) is 2.99. The maximum absolute atomic E-state index is 12.0. The van der Waals surface area contributed by atoms with Gasteiger partial charge < -0.3 is 10.1 Å². The van der Waals surface area contributed by atoms with Crippen LogP contribution in [-0.4, -0.2) is 18.5 Å². The monoisotopic (exact) mass is 399 g/mol. The minimum Gasteiger partial charge on any atom is -0.455 e. The van der Waals surface area contributed by atoms with Gasteiger partial charge in [0.2, 0.25) is 0 Å². The summed E-state index contributed by atoms with van der Waals surface area (Å²) in [4.78, 5) is 23.8. The molecule has 0 saturated carbocycles. The van der Waals surface area contributed by atoms with Gasteiger partial charge in [0.05, 0.1) is 27.2 Å². The van der Waals surface area contributed by atoms with E-state index in [0.717, 1.165) is 11.1 Å². The summed E-state index contributed by atoms with van der Waals surface area (Å²) in [6.45, 7) is 3.35. The molecule has 0 aromatic heterocycles. The van der Waals surface area contributed by atoms with Crippen molar-refractivity contribution in [3.8, 4) is 0 Å². The predicted molar refractivity (Wildman–Crippen MR) is 101 cm³/mol. The largest absolute Gasteiger partial charge is 0.455 e. The average molecular weight is 401 g/mol. The summed E-state index contributed by atoms with van der Waals surface area (Å²) in [6.07, 6.45) is -0.00547. The normalized spacial score (nSPS) is 10.4. The van der Waals surface area contributed by atoms with E-state index in [1.807, 2.05) is 19.9 Å². The molecule has 0 aliphatic carbocycles. The summed E-state index contributed by atoms with van der Waals surface area (Å²) in [6, 6.07) is 8.51. The molecule has 0 fully saturated rings. The van der Waals surface area contributed by atoms with Crippen LogP contribution in [0.4, 0.5) is 5.69 Å². The Hall–Kier alpha value is -1.75. The number of carbonyl (C=O) groups is 2. The standard InChI is InChI=1S/C18H16Cl3NO3/c1-10-5-11(2)18(15(21)6-10)22-16(23)9-25-17(24)8-12-3-4-13(19)14(20)7-12/h3-7H,8-9H2,1-2H3,(H,22,23). The Kier molecular flexibility index (Phi) is 6.71. The molecule has 2 aromatic rings. The molecule has 0 spiro atoms. The predicted octanol–water partition coefficient (Wildman–Crippen LogP) is 4.99. The number of amides is 1. The maximum atomic E-state index is 12.0. The number of nitrogens with one attached hydrogen (secondary N) is 1. The van der Waals surface area contributed by atoms with Crippen molar-refractivity contribution in [1.82, 2.24) is 0 Å². The zero-order valence-electron chi connectivity index (χ0n) is 13.7. The van der Waals surface area contributed by atoms with Gasteiger partial charge in [0.25, 0.3) is 5.91 Å². The summed E-state index contributed by atoms with van der Waals surface area (Å²) in [5, 5.41) is 3.85. The van der Waals surface area contributed by atoms with Crippen molar-refractivity contribution in [2.75, 3.05) is 11.9 Å². The highest BCUT2D eigenvalue weighted by molar-refractivity contribution is 6.42. The van der Waals surface area contributed by atoms with Crippen molar-refractivity contribution in [3.05, 3.63) is 62.1 Å². The van der Waals surface area contributed by atoms with Crippen LogP contribution in [0.2, 0.25) is 15.1 Å². The van der Waals surface area contributed by atoms with Crippen molar-refractivity contribution in [2.45, 2.75) is 20.3 Å². The van der Waals surface area contributed by atoms with Crippen LogP contribution in [0.25, 0.3) is 0 Å². The number of carbonyl (C=O) groups excluding carboxylic acids is 2. The molecule has 2 rings (SSSR count). The van der Waals surface area contributed by atoms with Crippen LogP contribution in [0.5, 0.6) is 0 Å². The molecule has 0 bridgehead atoms. The van der Waals surface area contributed by atoms with Gasteiger partial charge in [-0.3, -0.25) is 9.59 Å². The number of benzene rings is 2. The van der Waals surface area contributed by atoms with Crippen LogP contribution in [-0.2, 0) is 20.7 Å². The Balaban J connectivity index is 1.89. The van der Waals surface area contributed by atoms with Gasteiger partial charge in [-0.1, -0.05) is 46.9 Å². The van der Waals surface area contributed by atoms with E-state index in [1.165, 1.54) is 0 Å². The second kappa shape index (κ2) is 8.56. The van der Waals surface area contributed by atoms with E-state index in [9.17, 15) is 9.59 Å². The van der Waals surface area contributed by atoms with E-state index in [2.05, 4.69) is 5.32 Å². The number of halogens is 3. The van der Waals surface area contributed by atoms with Crippen LogP contribution in [0.1, 0.15) is 16.7 Å². The van der Waals surface area contributed by atoms with Crippen molar-refractivity contribution in [1.29, 1.82) is 0 Å². The van der Waals surface area contributed by atoms with Crippen LogP contribution in [0, 0.1) is 13.8 Å². The van der Waals surface area contributed by atoms with E-state index in [0.29, 0.717) is 26.3 Å². The molecule has 2 aromatic carbocycles. The van der Waals surface area contributed by atoms with Crippen molar-refractivity contribution >= 4 is 52.4 Å². The van der Waals surface area contributed by atoms with Crippen molar-refractivity contribution < 1.29 is 14.3 Å². The topological polar surface area (TPSA) is 55.4 Å². The third kappa shape index (κ3) is 5.63. The van der Waals surface area contributed by atoms with E-state index in [1.54, 1.807) is 24.3 Å². The van der Waals surface area contributed by atoms with Gasteiger partial charge in [-0.05, 0) is 48.7 Å². The molecule has 0 unspecified atom stereocenters. The van der Waals surface area contributed by atoms with Gasteiger partial charge in [0.1, 0.15) is 0 Å². The molecule has 0 saturated heterocycles. The zero-order valence-corrected chi connectivity index (χ0v) is 15.9. The lowest BCUT2D eigenvalue weighted by molar-refractivity contribution is -0.146. The summed E-state index contributed by atoms with van der Waals surface area (Å²) in [7, 11) is 0. The number of hydrogen-bond acceptors (Lipinski definition) is 3. The molecule has 0 atom stereocenters. The number of esters is 1. The van der Waals surface area contributed by atoms with Crippen LogP contribution in [0.3, 0.4) is 0 Å². The molecule has 7 heteroatoms. The molecule has 0 heterocycles. The molecule has 0 radical (unpaired) electrons. The highest BCUT2D eigenvalue weighted by atomic mass is 35.5. The Morgan fingerprint density at radius 1 is 1.00 bits per heavy atom. The van der Waals surface area contributed by atoms with Gasteiger partial charge in [-0.25, -0.2) is 0 Å². The lowest BCUT2D eigenvalue weighted by Crippen LogP contribution is -2.22. The highest BCUT2D eigenvalue weighted by Crippen LogP contribution is 2.27. The molecule has 0 aliphatic heterocycles. The fraction of sp³-hybridized carbons (Fsp3) is 0.222. The average Bonchev–Trinajstić information content (AvgIpc) is 2.52. The molecular formula is C18H16Cl3NO3. The van der Waals surface area contributed by atoms with Crippen LogP contribution < -0.4 is 5.32 Å².